The molecule has 1 atom stereocenters. The minimum atomic E-state index is -0.628. The zero-order valence-corrected chi connectivity index (χ0v) is 13.6. The largest absolute Gasteiger partial charge is 0.371 e. The number of rotatable bonds is 2. The molecule has 2 fully saturated rings. The highest BCUT2D eigenvalue weighted by Crippen LogP contribution is 2.27. The maximum Gasteiger partial charge on any atom is 0.329 e. The number of amides is 2. The van der Waals surface area contributed by atoms with E-state index in [1.807, 2.05) is 18.2 Å². The van der Waals surface area contributed by atoms with Gasteiger partial charge in [0.1, 0.15) is 6.04 Å². The van der Waals surface area contributed by atoms with Gasteiger partial charge in [-0.05, 0) is 37.5 Å². The Morgan fingerprint density at radius 1 is 1.08 bits per heavy atom. The molecule has 0 saturated carbocycles. The summed E-state index contributed by atoms with van der Waals surface area (Å²) < 4.78 is 3.10. The molecule has 2 aliphatic heterocycles. The van der Waals surface area contributed by atoms with Crippen LogP contribution in [0.25, 0.3) is 11.0 Å². The van der Waals surface area contributed by atoms with Crippen molar-refractivity contribution in [3.05, 3.63) is 28.7 Å². The molecular weight excluding hydrogens is 308 g/mol. The van der Waals surface area contributed by atoms with Crippen LogP contribution in [0.3, 0.4) is 0 Å². The lowest BCUT2D eigenvalue weighted by Gasteiger charge is -2.22. The van der Waals surface area contributed by atoms with Crippen molar-refractivity contribution in [3.8, 4) is 0 Å². The van der Waals surface area contributed by atoms with Gasteiger partial charge in [-0.2, -0.15) is 0 Å². The summed E-state index contributed by atoms with van der Waals surface area (Å²) in [5, 5.41) is 2.33. The fourth-order valence-electron chi connectivity index (χ4n) is 3.75. The molecule has 0 unspecified atom stereocenters. The first-order chi connectivity index (χ1) is 11.6. The predicted octanol–water partition coefficient (Wildman–Crippen LogP) is 0.918. The molecule has 2 aromatic rings. The molecule has 2 amide bonds. The number of imide groups is 1. The monoisotopic (exact) mass is 328 g/mol. The van der Waals surface area contributed by atoms with Crippen molar-refractivity contribution in [2.24, 2.45) is 7.05 Å². The molecule has 2 saturated heterocycles. The number of nitrogens with one attached hydrogen (secondary N) is 1. The summed E-state index contributed by atoms with van der Waals surface area (Å²) in [4.78, 5) is 38.6. The summed E-state index contributed by atoms with van der Waals surface area (Å²) in [6.45, 7) is 2.07. The molecule has 1 aromatic carbocycles. The molecule has 2 aliphatic rings. The third-order valence-electron chi connectivity index (χ3n) is 5.07. The Bertz CT molecular complexity index is 889. The Morgan fingerprint density at radius 2 is 1.83 bits per heavy atom. The smallest absolute Gasteiger partial charge is 0.329 e. The number of imidazole rings is 1. The highest BCUT2D eigenvalue weighted by atomic mass is 16.2. The molecule has 3 heterocycles. The van der Waals surface area contributed by atoms with E-state index < -0.39 is 11.9 Å². The van der Waals surface area contributed by atoms with Gasteiger partial charge in [-0.15, -0.1) is 0 Å². The quantitative estimate of drug-likeness (QED) is 0.832. The average Bonchev–Trinajstić information content (AvgIpc) is 3.17. The molecule has 0 bridgehead atoms. The van der Waals surface area contributed by atoms with E-state index >= 15 is 0 Å². The second kappa shape index (κ2) is 5.51. The highest BCUT2D eigenvalue weighted by Gasteiger charge is 2.31. The van der Waals surface area contributed by atoms with Crippen molar-refractivity contribution in [3.63, 3.8) is 0 Å². The number of carbonyl (C=O) groups is 2. The van der Waals surface area contributed by atoms with Gasteiger partial charge in [0, 0.05) is 32.2 Å². The van der Waals surface area contributed by atoms with Gasteiger partial charge >= 0.3 is 5.69 Å². The van der Waals surface area contributed by atoms with Crippen LogP contribution in [0.2, 0.25) is 0 Å². The van der Waals surface area contributed by atoms with Crippen molar-refractivity contribution < 1.29 is 9.59 Å². The molecular formula is C17H20N4O3. The number of aromatic nitrogens is 2. The van der Waals surface area contributed by atoms with Crippen LogP contribution >= 0.6 is 0 Å². The molecule has 1 aromatic heterocycles. The number of benzene rings is 1. The van der Waals surface area contributed by atoms with Crippen LogP contribution in [0.4, 0.5) is 5.69 Å². The molecule has 126 valence electrons. The Labute approximate surface area is 138 Å². The third-order valence-corrected chi connectivity index (χ3v) is 5.07. The Morgan fingerprint density at radius 3 is 2.54 bits per heavy atom. The van der Waals surface area contributed by atoms with Gasteiger partial charge in [-0.25, -0.2) is 4.79 Å². The van der Waals surface area contributed by atoms with Crippen LogP contribution in [-0.4, -0.2) is 34.0 Å². The van der Waals surface area contributed by atoms with Crippen molar-refractivity contribution in [2.75, 3.05) is 18.0 Å². The third kappa shape index (κ3) is 2.23. The molecule has 0 radical (unpaired) electrons. The van der Waals surface area contributed by atoms with Gasteiger partial charge in [-0.1, -0.05) is 0 Å². The second-order valence-corrected chi connectivity index (χ2v) is 6.55. The molecule has 1 N–H and O–H groups in total. The van der Waals surface area contributed by atoms with Crippen molar-refractivity contribution >= 4 is 28.5 Å². The number of hydrogen-bond donors (Lipinski definition) is 1. The standard InChI is InChI=1S/C17H20N4O3/c1-19-14-10-11(20-8-2-3-9-20)4-5-12(14)21(17(19)24)13-6-7-15(22)18-16(13)23/h4-5,10,13H,2-3,6-9H2,1H3,(H,18,22,23)/t13-/m0/s1. The van der Waals surface area contributed by atoms with E-state index in [0.29, 0.717) is 6.42 Å². The molecule has 0 spiro atoms. The Hall–Kier alpha value is -2.57. The summed E-state index contributed by atoms with van der Waals surface area (Å²) in [6, 6.07) is 5.31. The lowest BCUT2D eigenvalue weighted by atomic mass is 10.1. The summed E-state index contributed by atoms with van der Waals surface area (Å²) in [6.07, 6.45) is 2.99. The van der Waals surface area contributed by atoms with Gasteiger partial charge < -0.3 is 4.90 Å². The van der Waals surface area contributed by atoms with Gasteiger partial charge in [-0.3, -0.25) is 24.0 Å². The number of hydrogen-bond acceptors (Lipinski definition) is 4. The van der Waals surface area contributed by atoms with Crippen LogP contribution in [0.1, 0.15) is 31.7 Å². The van der Waals surface area contributed by atoms with Gasteiger partial charge in [0.05, 0.1) is 11.0 Å². The highest BCUT2D eigenvalue weighted by molar-refractivity contribution is 6.00. The van der Waals surface area contributed by atoms with E-state index in [1.54, 1.807) is 11.6 Å². The zero-order valence-electron chi connectivity index (χ0n) is 13.6. The fraction of sp³-hybridized carbons (Fsp3) is 0.471. The SMILES string of the molecule is Cn1c(=O)n([C@H]2CCC(=O)NC2=O)c2ccc(N3CCCC3)cc21. The maximum atomic E-state index is 12.7. The van der Waals surface area contributed by atoms with E-state index in [9.17, 15) is 14.4 Å². The maximum absolute atomic E-state index is 12.7. The van der Waals surface area contributed by atoms with E-state index in [1.165, 1.54) is 17.4 Å². The normalized spacial score (nSPS) is 21.5. The first-order valence-electron chi connectivity index (χ1n) is 8.36. The number of piperidine rings is 1. The van der Waals surface area contributed by atoms with Crippen LogP contribution < -0.4 is 15.9 Å². The lowest BCUT2D eigenvalue weighted by molar-refractivity contribution is -0.135. The number of fused-ring (bicyclic) bond motifs is 1. The predicted molar refractivity (Wildman–Crippen MR) is 90.0 cm³/mol. The van der Waals surface area contributed by atoms with Gasteiger partial charge in [0.25, 0.3) is 0 Å². The van der Waals surface area contributed by atoms with Crippen molar-refractivity contribution in [1.29, 1.82) is 0 Å². The summed E-state index contributed by atoms with van der Waals surface area (Å²) in [5.41, 5.74) is 2.43. The van der Waals surface area contributed by atoms with Crippen LogP contribution in [-0.2, 0) is 16.6 Å². The van der Waals surface area contributed by atoms with Crippen LogP contribution in [0.15, 0.2) is 23.0 Å². The van der Waals surface area contributed by atoms with Crippen LogP contribution in [0, 0.1) is 0 Å². The zero-order chi connectivity index (χ0) is 16.8. The van der Waals surface area contributed by atoms with Crippen LogP contribution in [0.5, 0.6) is 0 Å². The first-order valence-corrected chi connectivity index (χ1v) is 8.36. The molecule has 24 heavy (non-hydrogen) atoms. The molecule has 7 heteroatoms. The lowest BCUT2D eigenvalue weighted by Crippen LogP contribution is -2.44. The summed E-state index contributed by atoms with van der Waals surface area (Å²) >= 11 is 0. The van der Waals surface area contributed by atoms with E-state index in [-0.39, 0.29) is 18.0 Å². The Kier molecular flexibility index (Phi) is 3.44. The minimum absolute atomic E-state index is 0.224. The Balaban J connectivity index is 1.82. The number of anilines is 1. The minimum Gasteiger partial charge on any atom is -0.371 e. The van der Waals surface area contributed by atoms with Gasteiger partial charge in [0.2, 0.25) is 11.8 Å². The number of nitrogens with zero attached hydrogens (tertiary/aromatic N) is 3. The number of aryl methyl sites for hydroxylation is 1. The first kappa shape index (κ1) is 15.0. The molecule has 0 aliphatic carbocycles. The van der Waals surface area contributed by atoms with E-state index in [2.05, 4.69) is 10.2 Å². The summed E-state index contributed by atoms with van der Waals surface area (Å²) in [5.74, 6) is -0.676. The number of carbonyl (C=O) groups excluding carboxylic acids is 2. The summed E-state index contributed by atoms with van der Waals surface area (Å²) in [7, 11) is 1.72. The van der Waals surface area contributed by atoms with E-state index in [0.717, 1.165) is 29.8 Å². The second-order valence-electron chi connectivity index (χ2n) is 6.55. The van der Waals surface area contributed by atoms with Gasteiger partial charge in [0.15, 0.2) is 0 Å². The topological polar surface area (TPSA) is 76.3 Å². The fourth-order valence-corrected chi connectivity index (χ4v) is 3.75. The molecule has 7 nitrogen and oxygen atoms in total. The van der Waals surface area contributed by atoms with Crippen molar-refractivity contribution in [2.45, 2.75) is 31.7 Å². The van der Waals surface area contributed by atoms with Crippen molar-refractivity contribution in [1.82, 2.24) is 14.5 Å². The average molecular weight is 328 g/mol. The molecule has 4 rings (SSSR count). The van der Waals surface area contributed by atoms with E-state index in [4.69, 9.17) is 0 Å².